The summed E-state index contributed by atoms with van der Waals surface area (Å²) in [5.74, 6) is 0.132. The van der Waals surface area contributed by atoms with E-state index in [0.717, 1.165) is 25.9 Å². The van der Waals surface area contributed by atoms with Gasteiger partial charge in [0, 0.05) is 13.1 Å². The first-order valence-corrected chi connectivity index (χ1v) is 6.32. The van der Waals surface area contributed by atoms with Gasteiger partial charge in [-0.05, 0) is 47.0 Å². The normalized spacial score (nSPS) is 15.1. The zero-order valence-corrected chi connectivity index (χ0v) is 10.9. The molecule has 0 aromatic heterocycles. The van der Waals surface area contributed by atoms with E-state index in [9.17, 15) is 9.18 Å². The Hall–Kier alpha value is -1.10. The number of carbonyl (C=O) groups is 1. The highest BCUT2D eigenvalue weighted by Crippen LogP contribution is 2.25. The van der Waals surface area contributed by atoms with Crippen LogP contribution in [0.25, 0.3) is 0 Å². The summed E-state index contributed by atoms with van der Waals surface area (Å²) in [5.41, 5.74) is 0. The fourth-order valence-electron chi connectivity index (χ4n) is 1.79. The molecule has 0 radical (unpaired) electrons. The third-order valence-corrected chi connectivity index (χ3v) is 3.32. The number of amides is 1. The van der Waals surface area contributed by atoms with Crippen molar-refractivity contribution in [2.75, 3.05) is 19.7 Å². The van der Waals surface area contributed by atoms with Gasteiger partial charge in [-0.15, -0.1) is 0 Å². The van der Waals surface area contributed by atoms with Gasteiger partial charge in [0.2, 0.25) is 0 Å². The number of benzene rings is 1. The summed E-state index contributed by atoms with van der Waals surface area (Å²) < 4.78 is 18.7. The average molecular weight is 302 g/mol. The molecular weight excluding hydrogens is 289 g/mol. The van der Waals surface area contributed by atoms with E-state index >= 15 is 0 Å². The van der Waals surface area contributed by atoms with Crippen LogP contribution in [0.4, 0.5) is 4.39 Å². The van der Waals surface area contributed by atoms with Crippen LogP contribution in [-0.4, -0.2) is 30.5 Å². The Labute approximate surface area is 108 Å². The van der Waals surface area contributed by atoms with E-state index in [1.807, 2.05) is 0 Å². The molecule has 17 heavy (non-hydrogen) atoms. The number of nitrogens with zero attached hydrogens (tertiary/aromatic N) is 1. The molecule has 3 nitrogen and oxygen atoms in total. The molecule has 0 N–H and O–H groups in total. The van der Waals surface area contributed by atoms with Crippen LogP contribution in [0.15, 0.2) is 22.7 Å². The first-order valence-electron chi connectivity index (χ1n) is 5.52. The molecule has 0 bridgehead atoms. The van der Waals surface area contributed by atoms with Crippen LogP contribution < -0.4 is 4.74 Å². The molecular formula is C12H13BrFNO2. The molecule has 1 saturated heterocycles. The van der Waals surface area contributed by atoms with Crippen LogP contribution in [0.1, 0.15) is 12.8 Å². The van der Waals surface area contributed by atoms with E-state index in [1.54, 1.807) is 4.90 Å². The quantitative estimate of drug-likeness (QED) is 0.859. The summed E-state index contributed by atoms with van der Waals surface area (Å²) >= 11 is 3.19. The molecule has 2 rings (SSSR count). The molecule has 0 spiro atoms. The maximum absolute atomic E-state index is 12.8. The van der Waals surface area contributed by atoms with Crippen LogP contribution in [0.5, 0.6) is 5.75 Å². The van der Waals surface area contributed by atoms with E-state index in [2.05, 4.69) is 15.9 Å². The number of rotatable bonds is 3. The first kappa shape index (κ1) is 12.4. The predicted molar refractivity (Wildman–Crippen MR) is 65.4 cm³/mol. The van der Waals surface area contributed by atoms with E-state index in [0.29, 0.717) is 10.2 Å². The topological polar surface area (TPSA) is 29.5 Å². The number of likely N-dealkylation sites (tertiary alicyclic amines) is 1. The Morgan fingerprint density at radius 2 is 2.12 bits per heavy atom. The number of halogens is 2. The second-order valence-corrected chi connectivity index (χ2v) is 4.81. The minimum absolute atomic E-state index is 0.00420. The lowest BCUT2D eigenvalue weighted by atomic mass is 10.3. The molecule has 0 saturated carbocycles. The van der Waals surface area contributed by atoms with E-state index in [4.69, 9.17) is 4.74 Å². The average Bonchev–Trinajstić information content (AvgIpc) is 2.81. The summed E-state index contributed by atoms with van der Waals surface area (Å²) in [6.45, 7) is 1.63. The van der Waals surface area contributed by atoms with Gasteiger partial charge < -0.3 is 9.64 Å². The highest BCUT2D eigenvalue weighted by atomic mass is 79.9. The molecule has 1 aliphatic rings. The smallest absolute Gasteiger partial charge is 0.260 e. The lowest BCUT2D eigenvalue weighted by Gasteiger charge is -2.15. The molecule has 1 amide bonds. The number of hydrogen-bond donors (Lipinski definition) is 0. The van der Waals surface area contributed by atoms with Crippen molar-refractivity contribution in [2.24, 2.45) is 0 Å². The van der Waals surface area contributed by atoms with Gasteiger partial charge in [-0.3, -0.25) is 4.79 Å². The van der Waals surface area contributed by atoms with E-state index in [1.165, 1.54) is 18.2 Å². The van der Waals surface area contributed by atoms with Crippen molar-refractivity contribution in [1.29, 1.82) is 0 Å². The van der Waals surface area contributed by atoms with E-state index < -0.39 is 0 Å². The van der Waals surface area contributed by atoms with Crippen LogP contribution >= 0.6 is 15.9 Å². The van der Waals surface area contributed by atoms with Gasteiger partial charge in [-0.2, -0.15) is 0 Å². The SMILES string of the molecule is O=C(COc1ccc(F)cc1Br)N1CCCC1. The Bertz CT molecular complexity index is 419. The Morgan fingerprint density at radius 3 is 2.76 bits per heavy atom. The molecule has 5 heteroatoms. The largest absolute Gasteiger partial charge is 0.483 e. The molecule has 1 heterocycles. The summed E-state index contributed by atoms with van der Waals surface area (Å²) in [5, 5.41) is 0. The van der Waals surface area contributed by atoms with Gasteiger partial charge in [0.05, 0.1) is 4.47 Å². The highest BCUT2D eigenvalue weighted by Gasteiger charge is 2.18. The van der Waals surface area contributed by atoms with E-state index in [-0.39, 0.29) is 18.3 Å². The number of ether oxygens (including phenoxy) is 1. The van der Waals surface area contributed by atoms with Crippen LogP contribution in [0.3, 0.4) is 0 Å². The Morgan fingerprint density at radius 1 is 1.41 bits per heavy atom. The molecule has 1 fully saturated rings. The van der Waals surface area contributed by atoms with Gasteiger partial charge in [0.15, 0.2) is 6.61 Å². The van der Waals surface area contributed by atoms with Gasteiger partial charge in [-0.25, -0.2) is 4.39 Å². The summed E-state index contributed by atoms with van der Waals surface area (Å²) in [4.78, 5) is 13.5. The lowest BCUT2D eigenvalue weighted by molar-refractivity contribution is -0.132. The van der Waals surface area contributed by atoms with Gasteiger partial charge in [0.25, 0.3) is 5.91 Å². The van der Waals surface area contributed by atoms with Gasteiger partial charge in [0.1, 0.15) is 11.6 Å². The second-order valence-electron chi connectivity index (χ2n) is 3.95. The fraction of sp³-hybridized carbons (Fsp3) is 0.417. The van der Waals surface area contributed by atoms with Crippen LogP contribution in [0, 0.1) is 5.82 Å². The molecule has 0 atom stereocenters. The van der Waals surface area contributed by atoms with Crippen LogP contribution in [-0.2, 0) is 4.79 Å². The van der Waals surface area contributed by atoms with Gasteiger partial charge in [-0.1, -0.05) is 0 Å². The van der Waals surface area contributed by atoms with Crippen molar-refractivity contribution < 1.29 is 13.9 Å². The van der Waals surface area contributed by atoms with Gasteiger partial charge >= 0.3 is 0 Å². The van der Waals surface area contributed by atoms with Crippen molar-refractivity contribution in [3.8, 4) is 5.75 Å². The van der Waals surface area contributed by atoms with Crippen molar-refractivity contribution in [3.05, 3.63) is 28.5 Å². The third-order valence-electron chi connectivity index (χ3n) is 2.70. The first-order chi connectivity index (χ1) is 8.16. The zero-order chi connectivity index (χ0) is 12.3. The molecule has 1 aromatic carbocycles. The van der Waals surface area contributed by atoms with Crippen molar-refractivity contribution in [3.63, 3.8) is 0 Å². The maximum Gasteiger partial charge on any atom is 0.260 e. The third kappa shape index (κ3) is 3.19. The Kier molecular flexibility index (Phi) is 3.99. The monoisotopic (exact) mass is 301 g/mol. The summed E-state index contributed by atoms with van der Waals surface area (Å²) in [7, 11) is 0. The second kappa shape index (κ2) is 5.49. The summed E-state index contributed by atoms with van der Waals surface area (Å²) in [6, 6.07) is 4.13. The summed E-state index contributed by atoms with van der Waals surface area (Å²) in [6.07, 6.45) is 2.12. The number of hydrogen-bond acceptors (Lipinski definition) is 2. The lowest BCUT2D eigenvalue weighted by Crippen LogP contribution is -2.32. The molecule has 1 aliphatic heterocycles. The molecule has 0 aliphatic carbocycles. The standard InChI is InChI=1S/C12H13BrFNO2/c13-10-7-9(14)3-4-11(10)17-8-12(16)15-5-1-2-6-15/h3-4,7H,1-2,5-6,8H2. The highest BCUT2D eigenvalue weighted by molar-refractivity contribution is 9.10. The van der Waals surface area contributed by atoms with Crippen molar-refractivity contribution in [1.82, 2.24) is 4.90 Å². The van der Waals surface area contributed by atoms with Crippen molar-refractivity contribution in [2.45, 2.75) is 12.8 Å². The minimum Gasteiger partial charge on any atom is -0.483 e. The number of carbonyl (C=O) groups excluding carboxylic acids is 1. The zero-order valence-electron chi connectivity index (χ0n) is 9.29. The Balaban J connectivity index is 1.90. The maximum atomic E-state index is 12.8. The minimum atomic E-state index is -0.338. The predicted octanol–water partition coefficient (Wildman–Crippen LogP) is 2.59. The van der Waals surface area contributed by atoms with Crippen molar-refractivity contribution >= 4 is 21.8 Å². The fourth-order valence-corrected chi connectivity index (χ4v) is 2.25. The molecule has 0 unspecified atom stereocenters. The van der Waals surface area contributed by atoms with Crippen LogP contribution in [0.2, 0.25) is 0 Å². The molecule has 1 aromatic rings. The molecule has 92 valence electrons.